The molecule has 1 aliphatic heterocycles. The van der Waals surface area contributed by atoms with Gasteiger partial charge >= 0.3 is 0 Å². The van der Waals surface area contributed by atoms with Gasteiger partial charge in [-0.2, -0.15) is 4.31 Å². The van der Waals surface area contributed by atoms with Crippen molar-refractivity contribution in [3.8, 4) is 17.6 Å². The lowest BCUT2D eigenvalue weighted by Gasteiger charge is -2.37. The fourth-order valence-electron chi connectivity index (χ4n) is 4.15. The third-order valence-electron chi connectivity index (χ3n) is 6.08. The number of ether oxygens (including phenoxy) is 1. The Labute approximate surface area is 186 Å². The highest BCUT2D eigenvalue weighted by molar-refractivity contribution is 7.89. The van der Waals surface area contributed by atoms with Crippen LogP contribution in [0.5, 0.6) is 5.75 Å². The second-order valence-corrected chi connectivity index (χ2v) is 11.0. The molecule has 31 heavy (non-hydrogen) atoms. The summed E-state index contributed by atoms with van der Waals surface area (Å²) in [6.07, 6.45) is 3.00. The van der Waals surface area contributed by atoms with Crippen LogP contribution in [0.25, 0.3) is 0 Å². The van der Waals surface area contributed by atoms with Crippen molar-refractivity contribution < 1.29 is 23.4 Å². The molecule has 1 aromatic rings. The smallest absolute Gasteiger partial charge is 0.247 e. The molecule has 0 saturated heterocycles. The van der Waals surface area contributed by atoms with Gasteiger partial charge in [0.05, 0.1) is 6.61 Å². The monoisotopic (exact) mass is 450 g/mol. The van der Waals surface area contributed by atoms with Gasteiger partial charge in [-0.25, -0.2) is 8.42 Å². The van der Waals surface area contributed by atoms with Crippen LogP contribution in [0.2, 0.25) is 0 Å². The van der Waals surface area contributed by atoms with Gasteiger partial charge in [0.1, 0.15) is 22.4 Å². The van der Waals surface area contributed by atoms with Crippen LogP contribution in [-0.4, -0.2) is 79.4 Å². The fraction of sp³-hybridized carbons (Fsp3) is 0.652. The summed E-state index contributed by atoms with van der Waals surface area (Å²) in [7, 11) is 0.0374. The van der Waals surface area contributed by atoms with Gasteiger partial charge in [-0.3, -0.25) is 0 Å². The molecule has 0 radical (unpaired) electrons. The predicted octanol–water partition coefficient (Wildman–Crippen LogP) is 1.67. The molecule has 3 rings (SSSR count). The Morgan fingerprint density at radius 2 is 2.00 bits per heavy atom. The number of hydrogen-bond acceptors (Lipinski definition) is 6. The summed E-state index contributed by atoms with van der Waals surface area (Å²) in [5.41, 5.74) is -0.361. The molecule has 0 bridgehead atoms. The maximum atomic E-state index is 13.4. The van der Waals surface area contributed by atoms with E-state index < -0.39 is 21.7 Å². The summed E-state index contributed by atoms with van der Waals surface area (Å²) >= 11 is 0. The lowest BCUT2D eigenvalue weighted by molar-refractivity contribution is 0.0812. The number of aliphatic hydroxyl groups excluding tert-OH is 1. The maximum absolute atomic E-state index is 13.4. The first kappa shape index (κ1) is 24.0. The Bertz CT molecular complexity index is 944. The zero-order chi connectivity index (χ0) is 22.8. The lowest BCUT2D eigenvalue weighted by Crippen LogP contribution is -2.49. The third-order valence-corrected chi connectivity index (χ3v) is 8.10. The first-order valence-electron chi connectivity index (χ1n) is 10.9. The molecule has 1 aromatic carbocycles. The van der Waals surface area contributed by atoms with Gasteiger partial charge in [-0.15, -0.1) is 0 Å². The highest BCUT2D eigenvalue weighted by atomic mass is 32.2. The Morgan fingerprint density at radius 3 is 2.61 bits per heavy atom. The number of likely N-dealkylation sites (N-methyl/N-ethyl adjacent to an activating group) is 1. The summed E-state index contributed by atoms with van der Waals surface area (Å²) in [4.78, 5) is 2.09. The molecule has 1 heterocycles. The van der Waals surface area contributed by atoms with E-state index in [0.717, 1.165) is 12.8 Å². The van der Waals surface area contributed by atoms with Gasteiger partial charge < -0.3 is 19.8 Å². The first-order valence-corrected chi connectivity index (χ1v) is 12.3. The van der Waals surface area contributed by atoms with Crippen LogP contribution in [0.1, 0.15) is 45.1 Å². The van der Waals surface area contributed by atoms with E-state index in [4.69, 9.17) is 4.74 Å². The van der Waals surface area contributed by atoms with Gasteiger partial charge in [0.15, 0.2) is 0 Å². The normalized spacial score (nSPS) is 26.2. The van der Waals surface area contributed by atoms with Crippen molar-refractivity contribution in [1.82, 2.24) is 9.21 Å². The van der Waals surface area contributed by atoms with Crippen LogP contribution in [0, 0.1) is 17.8 Å². The Hall–Kier alpha value is -1.63. The highest BCUT2D eigenvalue weighted by Gasteiger charge is 2.38. The Kier molecular flexibility index (Phi) is 7.34. The maximum Gasteiger partial charge on any atom is 0.247 e. The quantitative estimate of drug-likeness (QED) is 0.679. The zero-order valence-corrected chi connectivity index (χ0v) is 19.7. The molecule has 8 heteroatoms. The summed E-state index contributed by atoms with van der Waals surface area (Å²) in [5.74, 6) is 6.15. The molecular weight excluding hydrogens is 416 g/mol. The molecule has 0 unspecified atom stereocenters. The largest absolute Gasteiger partial charge is 0.487 e. The fourth-order valence-corrected chi connectivity index (χ4v) is 5.98. The molecule has 7 nitrogen and oxygen atoms in total. The number of hydrogen-bond donors (Lipinski definition) is 2. The number of rotatable bonds is 4. The lowest BCUT2D eigenvalue weighted by atomic mass is 10.0. The minimum atomic E-state index is -3.86. The Morgan fingerprint density at radius 1 is 1.32 bits per heavy atom. The van der Waals surface area contributed by atoms with E-state index in [1.165, 1.54) is 10.4 Å². The van der Waals surface area contributed by atoms with Gasteiger partial charge in [0.2, 0.25) is 10.0 Å². The van der Waals surface area contributed by atoms with Crippen LogP contribution < -0.4 is 4.74 Å². The summed E-state index contributed by atoms with van der Waals surface area (Å²) < 4.78 is 34.5. The van der Waals surface area contributed by atoms with Crippen LogP contribution in [-0.2, 0) is 10.0 Å². The van der Waals surface area contributed by atoms with Crippen molar-refractivity contribution in [2.75, 3.05) is 33.8 Å². The van der Waals surface area contributed by atoms with Crippen molar-refractivity contribution in [2.45, 2.75) is 62.2 Å². The van der Waals surface area contributed by atoms with Gasteiger partial charge in [0.25, 0.3) is 0 Å². The number of benzene rings is 1. The van der Waals surface area contributed by atoms with Crippen molar-refractivity contribution in [3.05, 3.63) is 23.8 Å². The second-order valence-electron chi connectivity index (χ2n) is 9.15. The topological polar surface area (TPSA) is 90.3 Å². The first-order chi connectivity index (χ1) is 14.6. The van der Waals surface area contributed by atoms with Crippen LogP contribution >= 0.6 is 0 Å². The standard InChI is InChI=1S/C23H34N2O5S/c1-17-14-25(18(2)16-26)31(28,29)22-8-7-19(9-12-23(27)10-5-6-11-23)13-20(22)30-21(17)15-24(3)4/h7-8,13,17-18,21,26-27H,5-6,10-11,14-16H2,1-4H3/t17-,18-,21-/m1/s1. The molecule has 0 amide bonds. The molecule has 1 saturated carbocycles. The van der Waals surface area contributed by atoms with E-state index in [9.17, 15) is 18.6 Å². The SMILES string of the molecule is C[C@@H]1CN([C@H](C)CO)S(=O)(=O)c2ccc(C#CC3(O)CCCC3)cc2O[C@@H]1CN(C)C. The minimum Gasteiger partial charge on any atom is -0.487 e. The molecule has 1 fully saturated rings. The molecule has 0 aromatic heterocycles. The van der Waals surface area contributed by atoms with Crippen LogP contribution in [0.15, 0.2) is 23.1 Å². The Balaban J connectivity index is 2.06. The molecule has 1 aliphatic carbocycles. The van der Waals surface area contributed by atoms with Crippen LogP contribution in [0.3, 0.4) is 0 Å². The van der Waals surface area contributed by atoms with E-state index in [2.05, 4.69) is 11.8 Å². The van der Waals surface area contributed by atoms with E-state index in [0.29, 0.717) is 24.9 Å². The molecular formula is C23H34N2O5S. The van der Waals surface area contributed by atoms with E-state index >= 15 is 0 Å². The highest BCUT2D eigenvalue weighted by Crippen LogP contribution is 2.34. The number of sulfonamides is 1. The van der Waals surface area contributed by atoms with Crippen LogP contribution in [0.4, 0.5) is 0 Å². The minimum absolute atomic E-state index is 0.0774. The number of fused-ring (bicyclic) bond motifs is 1. The molecule has 172 valence electrons. The summed E-state index contributed by atoms with van der Waals surface area (Å²) in [5, 5.41) is 20.2. The number of aliphatic hydroxyl groups is 2. The predicted molar refractivity (Wildman–Crippen MR) is 119 cm³/mol. The van der Waals surface area contributed by atoms with Crippen molar-refractivity contribution in [3.63, 3.8) is 0 Å². The third kappa shape index (κ3) is 5.41. The van der Waals surface area contributed by atoms with E-state index in [1.54, 1.807) is 19.1 Å². The van der Waals surface area contributed by atoms with E-state index in [-0.39, 0.29) is 35.8 Å². The summed E-state index contributed by atoms with van der Waals surface area (Å²) in [6.45, 7) is 4.29. The average molecular weight is 451 g/mol. The molecule has 2 N–H and O–H groups in total. The summed E-state index contributed by atoms with van der Waals surface area (Å²) in [6, 6.07) is 4.28. The average Bonchev–Trinajstić information content (AvgIpc) is 3.15. The van der Waals surface area contributed by atoms with Crippen molar-refractivity contribution in [1.29, 1.82) is 0 Å². The second kappa shape index (κ2) is 9.47. The van der Waals surface area contributed by atoms with Gasteiger partial charge in [-0.05, 0) is 64.9 Å². The number of nitrogens with zero attached hydrogens (tertiary/aromatic N) is 2. The van der Waals surface area contributed by atoms with Gasteiger partial charge in [-0.1, -0.05) is 18.8 Å². The molecule has 0 spiro atoms. The van der Waals surface area contributed by atoms with Crippen molar-refractivity contribution in [2.24, 2.45) is 5.92 Å². The van der Waals surface area contributed by atoms with E-state index in [1.807, 2.05) is 25.9 Å². The zero-order valence-electron chi connectivity index (χ0n) is 18.8. The molecule has 2 aliphatic rings. The molecule has 3 atom stereocenters. The van der Waals surface area contributed by atoms with Crippen molar-refractivity contribution >= 4 is 10.0 Å². The van der Waals surface area contributed by atoms with Gasteiger partial charge in [0, 0.05) is 30.6 Å².